The predicted molar refractivity (Wildman–Crippen MR) is 94.7 cm³/mol. The average Bonchev–Trinajstić information content (AvgIpc) is 2.83. The Morgan fingerprint density at radius 3 is 2.43 bits per heavy atom. The fourth-order valence-corrected chi connectivity index (χ4v) is 2.62. The molecule has 0 spiro atoms. The second-order valence-corrected chi connectivity index (χ2v) is 5.96. The minimum atomic E-state index is -0.0428. The van der Waals surface area contributed by atoms with Gasteiger partial charge in [-0.05, 0) is 26.2 Å². The molecule has 1 rings (SSSR count). The lowest BCUT2D eigenvalue weighted by molar-refractivity contribution is -0.119. The van der Waals surface area contributed by atoms with Crippen molar-refractivity contribution in [3.05, 3.63) is 0 Å². The summed E-state index contributed by atoms with van der Waals surface area (Å²) < 4.78 is 5.95. The zero-order chi connectivity index (χ0) is 16.8. The summed E-state index contributed by atoms with van der Waals surface area (Å²) in [4.78, 5) is 15.9. The van der Waals surface area contributed by atoms with Crippen LogP contribution in [0.4, 0.5) is 0 Å². The van der Waals surface area contributed by atoms with E-state index in [9.17, 15) is 4.79 Å². The summed E-state index contributed by atoms with van der Waals surface area (Å²) in [6.45, 7) is 7.05. The number of nitrogens with one attached hydrogen (secondary N) is 3. The molecule has 0 aliphatic heterocycles. The summed E-state index contributed by atoms with van der Waals surface area (Å²) in [7, 11) is 0. The monoisotopic (exact) mass is 326 g/mol. The number of ether oxygens (including phenoxy) is 1. The fourth-order valence-electron chi connectivity index (χ4n) is 2.62. The molecular formula is C17H34N4O2. The van der Waals surface area contributed by atoms with Gasteiger partial charge in [0.25, 0.3) is 0 Å². The molecular weight excluding hydrogens is 292 g/mol. The van der Waals surface area contributed by atoms with Crippen molar-refractivity contribution < 1.29 is 9.53 Å². The van der Waals surface area contributed by atoms with Gasteiger partial charge in [0.15, 0.2) is 5.96 Å². The largest absolute Gasteiger partial charge is 0.376 e. The van der Waals surface area contributed by atoms with E-state index >= 15 is 0 Å². The lowest BCUT2D eigenvalue weighted by atomic mass is 10.1. The molecule has 1 amide bonds. The van der Waals surface area contributed by atoms with Crippen molar-refractivity contribution in [1.29, 1.82) is 0 Å². The quantitative estimate of drug-likeness (QED) is 0.261. The molecule has 0 atom stereocenters. The third kappa shape index (κ3) is 10.2. The first-order valence-electron chi connectivity index (χ1n) is 9.16. The van der Waals surface area contributed by atoms with Crippen LogP contribution in [-0.4, -0.2) is 50.8 Å². The third-order valence-electron chi connectivity index (χ3n) is 3.85. The molecule has 134 valence electrons. The van der Waals surface area contributed by atoms with Crippen molar-refractivity contribution >= 4 is 11.9 Å². The van der Waals surface area contributed by atoms with Crippen molar-refractivity contribution in [3.8, 4) is 0 Å². The van der Waals surface area contributed by atoms with Crippen LogP contribution in [0.2, 0.25) is 0 Å². The van der Waals surface area contributed by atoms with Crippen LogP contribution in [0, 0.1) is 0 Å². The highest BCUT2D eigenvalue weighted by Crippen LogP contribution is 2.19. The first kappa shape index (κ1) is 19.7. The predicted octanol–water partition coefficient (Wildman–Crippen LogP) is 1.81. The lowest BCUT2D eigenvalue weighted by Crippen LogP contribution is -2.40. The topological polar surface area (TPSA) is 74.8 Å². The summed E-state index contributed by atoms with van der Waals surface area (Å²) in [6, 6.07) is 0. The summed E-state index contributed by atoms with van der Waals surface area (Å²) in [5, 5.41) is 9.19. The minimum Gasteiger partial charge on any atom is -0.376 e. The smallest absolute Gasteiger partial charge is 0.241 e. The van der Waals surface area contributed by atoms with E-state index in [-0.39, 0.29) is 12.5 Å². The van der Waals surface area contributed by atoms with E-state index in [4.69, 9.17) is 4.74 Å². The van der Waals surface area contributed by atoms with Gasteiger partial charge in [-0.2, -0.15) is 0 Å². The molecule has 23 heavy (non-hydrogen) atoms. The van der Waals surface area contributed by atoms with Crippen molar-refractivity contribution in [2.45, 2.75) is 64.9 Å². The van der Waals surface area contributed by atoms with Crippen molar-refractivity contribution in [3.63, 3.8) is 0 Å². The molecule has 6 nitrogen and oxygen atoms in total. The van der Waals surface area contributed by atoms with E-state index in [1.165, 1.54) is 38.5 Å². The van der Waals surface area contributed by atoms with E-state index in [0.29, 0.717) is 31.8 Å². The number of amides is 1. The second-order valence-electron chi connectivity index (χ2n) is 5.96. The van der Waals surface area contributed by atoms with Crippen LogP contribution in [0.25, 0.3) is 0 Å². The maximum Gasteiger partial charge on any atom is 0.241 e. The van der Waals surface area contributed by atoms with Gasteiger partial charge in [-0.25, -0.2) is 4.99 Å². The average molecular weight is 326 g/mol. The molecule has 1 fully saturated rings. The van der Waals surface area contributed by atoms with Crippen LogP contribution in [-0.2, 0) is 9.53 Å². The molecule has 1 aliphatic carbocycles. The summed E-state index contributed by atoms with van der Waals surface area (Å²) >= 11 is 0. The summed E-state index contributed by atoms with van der Waals surface area (Å²) in [5.41, 5.74) is 0. The Hall–Kier alpha value is -1.30. The minimum absolute atomic E-state index is 0.0428. The van der Waals surface area contributed by atoms with Gasteiger partial charge >= 0.3 is 0 Å². The normalized spacial score (nSPS) is 16.7. The van der Waals surface area contributed by atoms with E-state index < -0.39 is 0 Å². The Kier molecular flexibility index (Phi) is 11.3. The zero-order valence-corrected chi connectivity index (χ0v) is 14.8. The van der Waals surface area contributed by atoms with Crippen LogP contribution in [0.3, 0.4) is 0 Å². The molecule has 1 aliphatic rings. The van der Waals surface area contributed by atoms with Gasteiger partial charge in [0.2, 0.25) is 5.91 Å². The van der Waals surface area contributed by atoms with Crippen LogP contribution in [0.15, 0.2) is 4.99 Å². The molecule has 0 aromatic carbocycles. The highest BCUT2D eigenvalue weighted by molar-refractivity contribution is 5.84. The molecule has 0 radical (unpaired) electrons. The van der Waals surface area contributed by atoms with Crippen molar-refractivity contribution in [1.82, 2.24) is 16.0 Å². The van der Waals surface area contributed by atoms with E-state index in [1.807, 2.05) is 13.8 Å². The summed E-state index contributed by atoms with van der Waals surface area (Å²) in [6.07, 6.45) is 8.98. The molecule has 0 aromatic rings. The molecule has 1 saturated carbocycles. The molecule has 0 bridgehead atoms. The Morgan fingerprint density at radius 2 is 1.78 bits per heavy atom. The zero-order valence-electron chi connectivity index (χ0n) is 14.8. The number of hydrogen-bond donors (Lipinski definition) is 3. The SMILES string of the molecule is CCCNC(=O)CN=C(NCC)NCCOC1CCCCCC1. The standard InChI is InChI=1S/C17H34N4O2/c1-3-11-19-16(22)14-21-17(18-4-2)20-12-13-23-15-9-7-5-6-8-10-15/h15H,3-14H2,1-2H3,(H,19,22)(H2,18,20,21). The molecule has 0 unspecified atom stereocenters. The van der Waals surface area contributed by atoms with E-state index in [1.54, 1.807) is 0 Å². The van der Waals surface area contributed by atoms with Gasteiger partial charge in [-0.3, -0.25) is 4.79 Å². The van der Waals surface area contributed by atoms with Crippen molar-refractivity contribution in [2.75, 3.05) is 32.8 Å². The van der Waals surface area contributed by atoms with E-state index in [0.717, 1.165) is 13.0 Å². The number of nitrogens with zero attached hydrogens (tertiary/aromatic N) is 1. The Labute approximate surface area is 140 Å². The Bertz CT molecular complexity index is 339. The highest BCUT2D eigenvalue weighted by Gasteiger charge is 2.12. The third-order valence-corrected chi connectivity index (χ3v) is 3.85. The van der Waals surface area contributed by atoms with Gasteiger partial charge in [0, 0.05) is 19.6 Å². The van der Waals surface area contributed by atoms with Crippen LogP contribution in [0.5, 0.6) is 0 Å². The number of rotatable bonds is 9. The van der Waals surface area contributed by atoms with Gasteiger partial charge in [-0.15, -0.1) is 0 Å². The molecule has 0 heterocycles. The van der Waals surface area contributed by atoms with Crippen LogP contribution >= 0.6 is 0 Å². The lowest BCUT2D eigenvalue weighted by Gasteiger charge is -2.16. The number of carbonyl (C=O) groups excluding carboxylic acids is 1. The van der Waals surface area contributed by atoms with Gasteiger partial charge < -0.3 is 20.7 Å². The maximum atomic E-state index is 11.6. The molecule has 6 heteroatoms. The molecule has 0 saturated heterocycles. The number of carbonyl (C=O) groups is 1. The number of aliphatic imine (C=N–C) groups is 1. The van der Waals surface area contributed by atoms with Gasteiger partial charge in [-0.1, -0.05) is 32.6 Å². The summed E-state index contributed by atoms with van der Waals surface area (Å²) in [5.74, 6) is 0.627. The first-order valence-corrected chi connectivity index (χ1v) is 9.16. The maximum absolute atomic E-state index is 11.6. The first-order chi connectivity index (χ1) is 11.3. The number of guanidine groups is 1. The second kappa shape index (κ2) is 13.2. The van der Waals surface area contributed by atoms with Crippen LogP contribution < -0.4 is 16.0 Å². The van der Waals surface area contributed by atoms with E-state index in [2.05, 4.69) is 20.9 Å². The highest BCUT2D eigenvalue weighted by atomic mass is 16.5. The van der Waals surface area contributed by atoms with Crippen molar-refractivity contribution in [2.24, 2.45) is 4.99 Å². The van der Waals surface area contributed by atoms with Crippen LogP contribution in [0.1, 0.15) is 58.8 Å². The van der Waals surface area contributed by atoms with Gasteiger partial charge in [0.05, 0.1) is 12.7 Å². The molecule has 3 N–H and O–H groups in total. The number of hydrogen-bond acceptors (Lipinski definition) is 3. The van der Waals surface area contributed by atoms with Gasteiger partial charge in [0.1, 0.15) is 6.54 Å². The Morgan fingerprint density at radius 1 is 1.04 bits per heavy atom. The molecule has 0 aromatic heterocycles. The Balaban J connectivity index is 2.22. The fraction of sp³-hybridized carbons (Fsp3) is 0.882.